The van der Waals surface area contributed by atoms with Gasteiger partial charge in [0.05, 0.1) is 6.54 Å². The molecule has 0 atom stereocenters. The third-order valence-corrected chi connectivity index (χ3v) is 1.82. The van der Waals surface area contributed by atoms with E-state index in [4.69, 9.17) is 16.3 Å². The summed E-state index contributed by atoms with van der Waals surface area (Å²) < 4.78 is 4.72. The van der Waals surface area contributed by atoms with E-state index in [0.717, 1.165) is 0 Å². The first kappa shape index (κ1) is 8.25. The molecule has 13 heavy (non-hydrogen) atoms. The molecule has 2 rings (SSSR count). The molecule has 0 aliphatic carbocycles. The fourth-order valence-corrected chi connectivity index (χ4v) is 1.16. The number of hydrogen-bond donors (Lipinski definition) is 0. The standard InChI is InChI=1S/C7H6ClN3O2/c8-5-1-2-9-6(10-5)11-3-4-13-7(11)12/h1-2H,3-4H2. The normalized spacial score (nSPS) is 16.1. The van der Waals surface area contributed by atoms with Gasteiger partial charge in [-0.3, -0.25) is 0 Å². The summed E-state index contributed by atoms with van der Waals surface area (Å²) >= 11 is 5.64. The van der Waals surface area contributed by atoms with Gasteiger partial charge in [0.25, 0.3) is 0 Å². The van der Waals surface area contributed by atoms with Crippen molar-refractivity contribution in [3.63, 3.8) is 0 Å². The predicted octanol–water partition coefficient (Wildman–Crippen LogP) is 1.09. The first-order chi connectivity index (χ1) is 6.27. The van der Waals surface area contributed by atoms with Gasteiger partial charge in [0.2, 0.25) is 5.95 Å². The Bertz CT molecular complexity index is 344. The van der Waals surface area contributed by atoms with Crippen molar-refractivity contribution < 1.29 is 9.53 Å². The van der Waals surface area contributed by atoms with Crippen LogP contribution in [-0.4, -0.2) is 29.2 Å². The van der Waals surface area contributed by atoms with Crippen molar-refractivity contribution >= 4 is 23.6 Å². The molecule has 6 heteroatoms. The lowest BCUT2D eigenvalue weighted by Crippen LogP contribution is -2.25. The average molecular weight is 200 g/mol. The Morgan fingerprint density at radius 1 is 1.62 bits per heavy atom. The molecule has 68 valence electrons. The SMILES string of the molecule is O=C1OCCN1c1nccc(Cl)n1. The van der Waals surface area contributed by atoms with Gasteiger partial charge >= 0.3 is 6.09 Å². The zero-order valence-corrected chi connectivity index (χ0v) is 7.36. The van der Waals surface area contributed by atoms with Crippen molar-refractivity contribution in [2.24, 2.45) is 0 Å². The number of nitrogens with zero attached hydrogens (tertiary/aromatic N) is 3. The van der Waals surface area contributed by atoms with Crippen molar-refractivity contribution in [2.45, 2.75) is 0 Å². The molecule has 1 fully saturated rings. The summed E-state index contributed by atoms with van der Waals surface area (Å²) in [5.74, 6) is 0.287. The Labute approximate surface area is 79.3 Å². The van der Waals surface area contributed by atoms with Crippen molar-refractivity contribution in [2.75, 3.05) is 18.1 Å². The van der Waals surface area contributed by atoms with Crippen molar-refractivity contribution in [1.82, 2.24) is 9.97 Å². The van der Waals surface area contributed by atoms with Gasteiger partial charge in [-0.25, -0.2) is 19.7 Å². The Kier molecular flexibility index (Phi) is 2.02. The van der Waals surface area contributed by atoms with Gasteiger partial charge in [-0.2, -0.15) is 0 Å². The van der Waals surface area contributed by atoms with Gasteiger partial charge in [0.15, 0.2) is 0 Å². The summed E-state index contributed by atoms with van der Waals surface area (Å²) in [5.41, 5.74) is 0. The van der Waals surface area contributed by atoms with Crippen LogP contribution in [0.4, 0.5) is 10.7 Å². The summed E-state index contributed by atoms with van der Waals surface area (Å²) in [6, 6.07) is 1.55. The number of cyclic esters (lactones) is 1. The molecule has 1 aromatic rings. The third-order valence-electron chi connectivity index (χ3n) is 1.61. The van der Waals surface area contributed by atoms with Crippen LogP contribution in [0.2, 0.25) is 5.15 Å². The highest BCUT2D eigenvalue weighted by Gasteiger charge is 2.25. The number of anilines is 1. The Hall–Kier alpha value is -1.36. The summed E-state index contributed by atoms with van der Waals surface area (Å²) in [4.78, 5) is 20.2. The molecule has 1 aromatic heterocycles. The van der Waals surface area contributed by atoms with E-state index in [0.29, 0.717) is 18.3 Å². The van der Waals surface area contributed by atoms with Crippen LogP contribution in [0.5, 0.6) is 0 Å². The molecule has 0 bridgehead atoms. The van der Waals surface area contributed by atoms with Gasteiger partial charge in [0.1, 0.15) is 11.8 Å². The molecule has 5 nitrogen and oxygen atoms in total. The van der Waals surface area contributed by atoms with Crippen LogP contribution in [0, 0.1) is 0 Å². The molecular formula is C7H6ClN3O2. The number of hydrogen-bond acceptors (Lipinski definition) is 4. The molecule has 2 heterocycles. The topological polar surface area (TPSA) is 55.3 Å². The minimum Gasteiger partial charge on any atom is -0.447 e. The van der Waals surface area contributed by atoms with Crippen LogP contribution in [0.25, 0.3) is 0 Å². The highest BCUT2D eigenvalue weighted by Crippen LogP contribution is 2.14. The molecule has 1 saturated heterocycles. The number of amides is 1. The first-order valence-corrected chi connectivity index (χ1v) is 4.08. The van der Waals surface area contributed by atoms with Crippen LogP contribution in [0.15, 0.2) is 12.3 Å². The number of carbonyl (C=O) groups excluding carboxylic acids is 1. The number of halogens is 1. The zero-order chi connectivity index (χ0) is 9.26. The van der Waals surface area contributed by atoms with E-state index >= 15 is 0 Å². The van der Waals surface area contributed by atoms with E-state index in [9.17, 15) is 4.79 Å². The summed E-state index contributed by atoms with van der Waals surface area (Å²) in [5, 5.41) is 0.310. The fourth-order valence-electron chi connectivity index (χ4n) is 1.03. The lowest BCUT2D eigenvalue weighted by atomic mass is 10.6. The summed E-state index contributed by atoms with van der Waals surface area (Å²) in [6.45, 7) is 0.841. The molecule has 1 amide bonds. The van der Waals surface area contributed by atoms with Crippen molar-refractivity contribution in [3.05, 3.63) is 17.4 Å². The lowest BCUT2D eigenvalue weighted by molar-refractivity contribution is 0.181. The minimum absolute atomic E-state index is 0.287. The molecule has 0 N–H and O–H groups in total. The van der Waals surface area contributed by atoms with Crippen molar-refractivity contribution in [3.8, 4) is 0 Å². The van der Waals surface area contributed by atoms with Gasteiger partial charge in [0, 0.05) is 6.20 Å². The number of carbonyl (C=O) groups is 1. The third kappa shape index (κ3) is 1.55. The molecular weight excluding hydrogens is 194 g/mol. The van der Waals surface area contributed by atoms with E-state index < -0.39 is 6.09 Å². The van der Waals surface area contributed by atoms with Gasteiger partial charge < -0.3 is 4.74 Å². The van der Waals surface area contributed by atoms with Gasteiger partial charge in [-0.15, -0.1) is 0 Å². The number of aromatic nitrogens is 2. The van der Waals surface area contributed by atoms with E-state index in [1.54, 1.807) is 6.07 Å². The first-order valence-electron chi connectivity index (χ1n) is 3.70. The Morgan fingerprint density at radius 3 is 3.08 bits per heavy atom. The molecule has 1 aliphatic heterocycles. The molecule has 0 aromatic carbocycles. The monoisotopic (exact) mass is 199 g/mol. The second-order valence-corrected chi connectivity index (χ2v) is 2.83. The second kappa shape index (κ2) is 3.18. The van der Waals surface area contributed by atoms with Crippen molar-refractivity contribution in [1.29, 1.82) is 0 Å². The Balaban J connectivity index is 2.29. The summed E-state index contributed by atoms with van der Waals surface area (Å²) in [7, 11) is 0. The second-order valence-electron chi connectivity index (χ2n) is 2.45. The molecule has 0 radical (unpaired) electrons. The highest BCUT2D eigenvalue weighted by atomic mass is 35.5. The molecule has 1 aliphatic rings. The van der Waals surface area contributed by atoms with Crippen LogP contribution < -0.4 is 4.90 Å². The van der Waals surface area contributed by atoms with E-state index in [-0.39, 0.29) is 5.95 Å². The van der Waals surface area contributed by atoms with Gasteiger partial charge in [-0.1, -0.05) is 11.6 Å². The number of rotatable bonds is 1. The van der Waals surface area contributed by atoms with E-state index in [1.165, 1.54) is 11.1 Å². The maximum atomic E-state index is 11.1. The predicted molar refractivity (Wildman–Crippen MR) is 45.7 cm³/mol. The maximum absolute atomic E-state index is 11.1. The number of ether oxygens (including phenoxy) is 1. The maximum Gasteiger partial charge on any atom is 0.416 e. The minimum atomic E-state index is -0.428. The fraction of sp³-hybridized carbons (Fsp3) is 0.286. The summed E-state index contributed by atoms with van der Waals surface area (Å²) in [6.07, 6.45) is 1.07. The smallest absolute Gasteiger partial charge is 0.416 e. The van der Waals surface area contributed by atoms with Crippen LogP contribution in [-0.2, 0) is 4.74 Å². The van der Waals surface area contributed by atoms with Crippen LogP contribution >= 0.6 is 11.6 Å². The zero-order valence-electron chi connectivity index (χ0n) is 6.61. The Morgan fingerprint density at radius 2 is 2.46 bits per heavy atom. The lowest BCUT2D eigenvalue weighted by Gasteiger charge is -2.08. The van der Waals surface area contributed by atoms with Crippen LogP contribution in [0.3, 0.4) is 0 Å². The highest BCUT2D eigenvalue weighted by molar-refractivity contribution is 6.29. The quantitative estimate of drug-likeness (QED) is 0.636. The molecule has 0 spiro atoms. The van der Waals surface area contributed by atoms with E-state index in [1.807, 2.05) is 0 Å². The molecule has 0 saturated carbocycles. The van der Waals surface area contributed by atoms with E-state index in [2.05, 4.69) is 9.97 Å². The van der Waals surface area contributed by atoms with Crippen LogP contribution in [0.1, 0.15) is 0 Å². The average Bonchev–Trinajstić information content (AvgIpc) is 2.51. The molecule has 0 unspecified atom stereocenters. The van der Waals surface area contributed by atoms with Gasteiger partial charge in [-0.05, 0) is 6.07 Å². The largest absolute Gasteiger partial charge is 0.447 e.